The van der Waals surface area contributed by atoms with Crippen molar-refractivity contribution in [1.82, 2.24) is 9.80 Å². The second kappa shape index (κ2) is 7.88. The van der Waals surface area contributed by atoms with Gasteiger partial charge in [-0.2, -0.15) is 0 Å². The Morgan fingerprint density at radius 2 is 2.14 bits per heavy atom. The average Bonchev–Trinajstić information content (AvgIpc) is 2.73. The van der Waals surface area contributed by atoms with Crippen molar-refractivity contribution < 1.29 is 9.53 Å². The standard InChI is InChI=1S/C16H25N3O2/c1-3-8-18-9-5-10-19(12-11-18)16(20)17-14-6-4-7-15(13-14)21-2/h4,6-7,13H,3,5,8-12H2,1-2H3,(H,17,20). The van der Waals surface area contributed by atoms with E-state index in [4.69, 9.17) is 4.74 Å². The molecule has 0 saturated carbocycles. The van der Waals surface area contributed by atoms with E-state index in [9.17, 15) is 4.79 Å². The van der Waals surface area contributed by atoms with Crippen LogP contribution in [0.4, 0.5) is 10.5 Å². The molecule has 1 heterocycles. The highest BCUT2D eigenvalue weighted by Crippen LogP contribution is 2.17. The lowest BCUT2D eigenvalue weighted by Crippen LogP contribution is -2.38. The second-order valence-corrected chi connectivity index (χ2v) is 5.34. The maximum absolute atomic E-state index is 12.3. The van der Waals surface area contributed by atoms with Gasteiger partial charge in [-0.1, -0.05) is 13.0 Å². The van der Waals surface area contributed by atoms with Crippen molar-refractivity contribution in [2.75, 3.05) is 45.2 Å². The van der Waals surface area contributed by atoms with Crippen molar-refractivity contribution in [1.29, 1.82) is 0 Å². The minimum absolute atomic E-state index is 0.0263. The Bertz CT molecular complexity index is 465. The third-order valence-corrected chi connectivity index (χ3v) is 3.74. The van der Waals surface area contributed by atoms with E-state index in [1.54, 1.807) is 7.11 Å². The lowest BCUT2D eigenvalue weighted by molar-refractivity contribution is 0.211. The number of anilines is 1. The average molecular weight is 291 g/mol. The lowest BCUT2D eigenvalue weighted by atomic mass is 10.3. The van der Waals surface area contributed by atoms with Crippen LogP contribution in [0.1, 0.15) is 19.8 Å². The monoisotopic (exact) mass is 291 g/mol. The number of ether oxygens (including phenoxy) is 1. The third kappa shape index (κ3) is 4.63. The fraction of sp³-hybridized carbons (Fsp3) is 0.562. The first-order chi connectivity index (χ1) is 10.2. The minimum atomic E-state index is -0.0263. The summed E-state index contributed by atoms with van der Waals surface area (Å²) in [5.74, 6) is 0.748. The van der Waals surface area contributed by atoms with Gasteiger partial charge < -0.3 is 19.9 Å². The summed E-state index contributed by atoms with van der Waals surface area (Å²) in [5, 5.41) is 2.95. The predicted molar refractivity (Wildman–Crippen MR) is 84.9 cm³/mol. The summed E-state index contributed by atoms with van der Waals surface area (Å²) in [5.41, 5.74) is 0.772. The molecule has 1 aromatic rings. The maximum Gasteiger partial charge on any atom is 0.321 e. The number of urea groups is 1. The zero-order valence-corrected chi connectivity index (χ0v) is 13.0. The zero-order valence-electron chi connectivity index (χ0n) is 13.0. The summed E-state index contributed by atoms with van der Waals surface area (Å²) in [7, 11) is 1.62. The molecule has 5 nitrogen and oxygen atoms in total. The molecule has 1 fully saturated rings. The Morgan fingerprint density at radius 3 is 2.90 bits per heavy atom. The van der Waals surface area contributed by atoms with Crippen LogP contribution in [0.3, 0.4) is 0 Å². The molecule has 1 aliphatic rings. The molecule has 0 unspecified atom stereocenters. The first-order valence-electron chi connectivity index (χ1n) is 7.65. The van der Waals surface area contributed by atoms with Crippen LogP contribution >= 0.6 is 0 Å². The molecule has 0 aromatic heterocycles. The summed E-state index contributed by atoms with van der Waals surface area (Å²) in [6, 6.07) is 7.42. The van der Waals surface area contributed by atoms with Crippen molar-refractivity contribution in [2.24, 2.45) is 0 Å². The van der Waals surface area contributed by atoms with Crippen molar-refractivity contribution in [3.63, 3.8) is 0 Å². The molecular formula is C16H25N3O2. The zero-order chi connectivity index (χ0) is 15.1. The van der Waals surface area contributed by atoms with E-state index in [-0.39, 0.29) is 6.03 Å². The van der Waals surface area contributed by atoms with Gasteiger partial charge in [0.2, 0.25) is 0 Å². The van der Waals surface area contributed by atoms with Gasteiger partial charge in [0.1, 0.15) is 5.75 Å². The summed E-state index contributed by atoms with van der Waals surface area (Å²) in [6.45, 7) is 6.95. The van der Waals surface area contributed by atoms with Gasteiger partial charge in [-0.3, -0.25) is 0 Å². The smallest absolute Gasteiger partial charge is 0.321 e. The van der Waals surface area contributed by atoms with Gasteiger partial charge in [0.15, 0.2) is 0 Å². The van der Waals surface area contributed by atoms with Crippen LogP contribution < -0.4 is 10.1 Å². The highest BCUT2D eigenvalue weighted by molar-refractivity contribution is 5.89. The molecule has 2 rings (SSSR count). The van der Waals surface area contributed by atoms with Crippen LogP contribution in [-0.4, -0.2) is 55.7 Å². The molecule has 116 valence electrons. The SMILES string of the molecule is CCCN1CCCN(C(=O)Nc2cccc(OC)c2)CC1. The summed E-state index contributed by atoms with van der Waals surface area (Å²) >= 11 is 0. The molecule has 1 saturated heterocycles. The molecule has 0 radical (unpaired) electrons. The van der Waals surface area contributed by atoms with Crippen LogP contribution in [0.15, 0.2) is 24.3 Å². The number of carbonyl (C=O) groups excluding carboxylic acids is 1. The lowest BCUT2D eigenvalue weighted by Gasteiger charge is -2.22. The van der Waals surface area contributed by atoms with Gasteiger partial charge in [0, 0.05) is 31.4 Å². The number of hydrogen-bond donors (Lipinski definition) is 1. The fourth-order valence-corrected chi connectivity index (χ4v) is 2.62. The fourth-order valence-electron chi connectivity index (χ4n) is 2.62. The van der Waals surface area contributed by atoms with Gasteiger partial charge in [0.25, 0.3) is 0 Å². The molecule has 5 heteroatoms. The number of nitrogens with zero attached hydrogens (tertiary/aromatic N) is 2. The Balaban J connectivity index is 1.90. The van der Waals surface area contributed by atoms with Crippen LogP contribution in [0.2, 0.25) is 0 Å². The Morgan fingerprint density at radius 1 is 1.29 bits per heavy atom. The Kier molecular flexibility index (Phi) is 5.87. The summed E-state index contributed by atoms with van der Waals surface area (Å²) in [6.07, 6.45) is 2.20. The first kappa shape index (κ1) is 15.6. The maximum atomic E-state index is 12.3. The first-order valence-corrected chi connectivity index (χ1v) is 7.65. The van der Waals surface area contributed by atoms with Crippen molar-refractivity contribution >= 4 is 11.7 Å². The molecule has 1 N–H and O–H groups in total. The molecule has 21 heavy (non-hydrogen) atoms. The van der Waals surface area contributed by atoms with E-state index in [0.29, 0.717) is 0 Å². The molecular weight excluding hydrogens is 266 g/mol. The third-order valence-electron chi connectivity index (χ3n) is 3.74. The van der Waals surface area contributed by atoms with E-state index in [2.05, 4.69) is 17.1 Å². The Labute approximate surface area is 126 Å². The van der Waals surface area contributed by atoms with Crippen LogP contribution in [0.5, 0.6) is 5.75 Å². The number of carbonyl (C=O) groups is 1. The number of rotatable bonds is 4. The predicted octanol–water partition coefficient (Wildman–Crippen LogP) is 2.64. The van der Waals surface area contributed by atoms with Crippen molar-refractivity contribution in [3.8, 4) is 5.75 Å². The molecule has 0 atom stereocenters. The number of nitrogens with one attached hydrogen (secondary N) is 1. The second-order valence-electron chi connectivity index (χ2n) is 5.34. The van der Waals surface area contributed by atoms with E-state index < -0.39 is 0 Å². The largest absolute Gasteiger partial charge is 0.497 e. The molecule has 0 spiro atoms. The van der Waals surface area contributed by atoms with E-state index in [1.807, 2.05) is 29.2 Å². The number of amides is 2. The highest BCUT2D eigenvalue weighted by Gasteiger charge is 2.18. The van der Waals surface area contributed by atoms with Crippen molar-refractivity contribution in [2.45, 2.75) is 19.8 Å². The van der Waals surface area contributed by atoms with E-state index in [0.717, 1.165) is 57.0 Å². The number of benzene rings is 1. The highest BCUT2D eigenvalue weighted by atomic mass is 16.5. The van der Waals surface area contributed by atoms with Gasteiger partial charge in [-0.25, -0.2) is 4.79 Å². The summed E-state index contributed by atoms with van der Waals surface area (Å²) in [4.78, 5) is 16.7. The van der Waals surface area contributed by atoms with E-state index >= 15 is 0 Å². The normalized spacial score (nSPS) is 16.4. The van der Waals surface area contributed by atoms with Crippen LogP contribution in [0, 0.1) is 0 Å². The molecule has 0 bridgehead atoms. The van der Waals surface area contributed by atoms with Gasteiger partial charge in [-0.15, -0.1) is 0 Å². The number of methoxy groups -OCH3 is 1. The van der Waals surface area contributed by atoms with Crippen molar-refractivity contribution in [3.05, 3.63) is 24.3 Å². The minimum Gasteiger partial charge on any atom is -0.497 e. The van der Waals surface area contributed by atoms with Crippen LogP contribution in [0.25, 0.3) is 0 Å². The van der Waals surface area contributed by atoms with Gasteiger partial charge >= 0.3 is 6.03 Å². The topological polar surface area (TPSA) is 44.8 Å². The Hall–Kier alpha value is -1.75. The molecule has 1 aromatic carbocycles. The quantitative estimate of drug-likeness (QED) is 0.927. The molecule has 2 amide bonds. The number of hydrogen-bond acceptors (Lipinski definition) is 3. The van der Waals surface area contributed by atoms with Crippen LogP contribution in [-0.2, 0) is 0 Å². The van der Waals surface area contributed by atoms with E-state index in [1.165, 1.54) is 0 Å². The summed E-state index contributed by atoms with van der Waals surface area (Å²) < 4.78 is 5.17. The molecule has 0 aliphatic carbocycles. The van der Waals surface area contributed by atoms with Gasteiger partial charge in [0.05, 0.1) is 7.11 Å². The molecule has 1 aliphatic heterocycles. The van der Waals surface area contributed by atoms with Gasteiger partial charge in [-0.05, 0) is 38.1 Å².